The standard InChI is InChI=1S/C22H39N3O/c1-15-7-16(2)14-25(13-15)6-4-3-5-23-22(26)24-21-19-9-17-8-18(11-19)12-20(21)10-17/h15-21H,3-14H2,1-2H3,(H2,23,24,26). The number of likely N-dealkylation sites (tertiary alicyclic amines) is 1. The number of nitrogens with zero attached hydrogens (tertiary/aromatic N) is 1. The summed E-state index contributed by atoms with van der Waals surface area (Å²) in [4.78, 5) is 15.0. The molecular weight excluding hydrogens is 322 g/mol. The molecular formula is C22H39N3O. The molecule has 4 nitrogen and oxygen atoms in total. The first-order valence-electron chi connectivity index (χ1n) is 11.3. The summed E-state index contributed by atoms with van der Waals surface area (Å²) in [7, 11) is 0. The Morgan fingerprint density at radius 2 is 1.50 bits per heavy atom. The van der Waals surface area contributed by atoms with Gasteiger partial charge in [0.1, 0.15) is 0 Å². The SMILES string of the molecule is CC1CC(C)CN(CCCCNC(=O)NC2C3CC4CC(C3)CC2C4)C1. The minimum Gasteiger partial charge on any atom is -0.338 e. The number of unbranched alkanes of at least 4 members (excludes halogenated alkanes) is 1. The molecule has 0 aromatic rings. The van der Waals surface area contributed by atoms with Crippen LogP contribution in [0.1, 0.15) is 65.2 Å². The number of piperidine rings is 1. The summed E-state index contributed by atoms with van der Waals surface area (Å²) in [5.74, 6) is 5.14. The van der Waals surface area contributed by atoms with E-state index in [9.17, 15) is 4.79 Å². The zero-order valence-corrected chi connectivity index (χ0v) is 16.9. The van der Waals surface area contributed by atoms with Crippen molar-refractivity contribution in [3.63, 3.8) is 0 Å². The Labute approximate surface area is 159 Å². The molecule has 4 heteroatoms. The van der Waals surface area contributed by atoms with Gasteiger partial charge in [-0.25, -0.2) is 4.79 Å². The predicted octanol–water partition coefficient (Wildman–Crippen LogP) is 3.87. The molecule has 1 heterocycles. The van der Waals surface area contributed by atoms with E-state index in [1.165, 1.54) is 64.6 Å². The van der Waals surface area contributed by atoms with Gasteiger partial charge in [0.15, 0.2) is 0 Å². The lowest BCUT2D eigenvalue weighted by Crippen LogP contribution is -2.57. The summed E-state index contributed by atoms with van der Waals surface area (Å²) in [5, 5.41) is 6.48. The molecule has 4 saturated carbocycles. The molecule has 5 fully saturated rings. The smallest absolute Gasteiger partial charge is 0.315 e. The van der Waals surface area contributed by atoms with E-state index in [4.69, 9.17) is 0 Å². The van der Waals surface area contributed by atoms with Gasteiger partial charge in [-0.05, 0) is 93.4 Å². The van der Waals surface area contributed by atoms with Crippen LogP contribution in [0, 0.1) is 35.5 Å². The van der Waals surface area contributed by atoms with E-state index >= 15 is 0 Å². The lowest BCUT2D eigenvalue weighted by molar-refractivity contribution is -0.00940. The normalized spacial score (nSPS) is 42.0. The Morgan fingerprint density at radius 1 is 0.885 bits per heavy atom. The summed E-state index contributed by atoms with van der Waals surface area (Å²) in [6.07, 6.45) is 10.6. The molecule has 0 spiro atoms. The molecule has 4 aliphatic carbocycles. The first-order chi connectivity index (χ1) is 12.6. The minimum absolute atomic E-state index is 0.0858. The van der Waals surface area contributed by atoms with Gasteiger partial charge in [-0.1, -0.05) is 13.8 Å². The maximum Gasteiger partial charge on any atom is 0.315 e. The van der Waals surface area contributed by atoms with Gasteiger partial charge in [-0.3, -0.25) is 0 Å². The monoisotopic (exact) mass is 361 g/mol. The topological polar surface area (TPSA) is 44.4 Å². The second-order valence-electron chi connectivity index (χ2n) is 10.3. The number of amides is 2. The van der Waals surface area contributed by atoms with Crippen molar-refractivity contribution < 1.29 is 4.79 Å². The first-order valence-corrected chi connectivity index (χ1v) is 11.3. The maximum atomic E-state index is 12.4. The van der Waals surface area contributed by atoms with Crippen molar-refractivity contribution in [2.45, 2.75) is 71.3 Å². The molecule has 5 rings (SSSR count). The van der Waals surface area contributed by atoms with Gasteiger partial charge < -0.3 is 15.5 Å². The maximum absolute atomic E-state index is 12.4. The zero-order valence-electron chi connectivity index (χ0n) is 16.9. The van der Waals surface area contributed by atoms with Gasteiger partial charge in [-0.2, -0.15) is 0 Å². The van der Waals surface area contributed by atoms with Crippen molar-refractivity contribution in [3.05, 3.63) is 0 Å². The van der Waals surface area contributed by atoms with Gasteiger partial charge in [0.25, 0.3) is 0 Å². The van der Waals surface area contributed by atoms with Crippen LogP contribution < -0.4 is 10.6 Å². The largest absolute Gasteiger partial charge is 0.338 e. The van der Waals surface area contributed by atoms with Crippen LogP contribution in [0.4, 0.5) is 4.79 Å². The fraction of sp³-hybridized carbons (Fsp3) is 0.955. The molecule has 2 N–H and O–H groups in total. The fourth-order valence-corrected chi connectivity index (χ4v) is 7.00. The zero-order chi connectivity index (χ0) is 18.1. The third-order valence-corrected chi connectivity index (χ3v) is 7.66. The van der Waals surface area contributed by atoms with Gasteiger partial charge in [0.05, 0.1) is 0 Å². The third-order valence-electron chi connectivity index (χ3n) is 7.66. The Hall–Kier alpha value is -0.770. The van der Waals surface area contributed by atoms with Crippen molar-refractivity contribution in [1.29, 1.82) is 0 Å². The molecule has 1 aliphatic heterocycles. The van der Waals surface area contributed by atoms with Crippen LogP contribution in [0.3, 0.4) is 0 Å². The number of hydrogen-bond donors (Lipinski definition) is 2. The van der Waals surface area contributed by atoms with Crippen molar-refractivity contribution in [3.8, 4) is 0 Å². The Balaban J connectivity index is 1.11. The van der Waals surface area contributed by atoms with Gasteiger partial charge in [0, 0.05) is 25.7 Å². The van der Waals surface area contributed by atoms with Crippen molar-refractivity contribution in [2.24, 2.45) is 35.5 Å². The van der Waals surface area contributed by atoms with Gasteiger partial charge in [-0.15, -0.1) is 0 Å². The van der Waals surface area contributed by atoms with Crippen molar-refractivity contribution in [2.75, 3.05) is 26.2 Å². The number of urea groups is 1. The van der Waals surface area contributed by atoms with E-state index in [0.29, 0.717) is 6.04 Å². The van der Waals surface area contributed by atoms with Gasteiger partial charge >= 0.3 is 6.03 Å². The van der Waals surface area contributed by atoms with Crippen molar-refractivity contribution >= 4 is 6.03 Å². The van der Waals surface area contributed by atoms with Crippen LogP contribution in [-0.4, -0.2) is 43.2 Å². The average molecular weight is 362 g/mol. The van der Waals surface area contributed by atoms with E-state index < -0.39 is 0 Å². The predicted molar refractivity (Wildman–Crippen MR) is 106 cm³/mol. The lowest BCUT2D eigenvalue weighted by atomic mass is 9.54. The van der Waals surface area contributed by atoms with Crippen LogP contribution >= 0.6 is 0 Å². The van der Waals surface area contributed by atoms with E-state index in [2.05, 4.69) is 29.4 Å². The molecule has 4 bridgehead atoms. The third kappa shape index (κ3) is 4.37. The highest BCUT2D eigenvalue weighted by molar-refractivity contribution is 5.74. The van der Waals surface area contributed by atoms with Crippen LogP contribution in [0.25, 0.3) is 0 Å². The molecule has 5 aliphatic rings. The van der Waals surface area contributed by atoms with E-state index in [0.717, 1.165) is 48.5 Å². The molecule has 26 heavy (non-hydrogen) atoms. The number of nitrogens with one attached hydrogen (secondary N) is 2. The first kappa shape index (κ1) is 18.6. The number of hydrogen-bond acceptors (Lipinski definition) is 2. The highest BCUT2D eigenvalue weighted by Gasteiger charge is 2.48. The van der Waals surface area contributed by atoms with E-state index in [1.54, 1.807) is 0 Å². The summed E-state index contributed by atoms with van der Waals surface area (Å²) in [6, 6.07) is 0.543. The van der Waals surface area contributed by atoms with Crippen LogP contribution in [0.15, 0.2) is 0 Å². The van der Waals surface area contributed by atoms with Crippen LogP contribution in [-0.2, 0) is 0 Å². The van der Waals surface area contributed by atoms with Crippen molar-refractivity contribution in [1.82, 2.24) is 15.5 Å². The van der Waals surface area contributed by atoms with Crippen LogP contribution in [0.2, 0.25) is 0 Å². The Kier molecular flexibility index (Phi) is 5.78. The lowest BCUT2D eigenvalue weighted by Gasteiger charge is -2.54. The molecule has 148 valence electrons. The Morgan fingerprint density at radius 3 is 2.12 bits per heavy atom. The number of carbonyl (C=O) groups excluding carboxylic acids is 1. The summed E-state index contributed by atoms with van der Waals surface area (Å²) < 4.78 is 0. The molecule has 0 radical (unpaired) electrons. The number of carbonyl (C=O) groups is 1. The Bertz CT molecular complexity index is 456. The highest BCUT2D eigenvalue weighted by atomic mass is 16.2. The molecule has 0 aromatic carbocycles. The van der Waals surface area contributed by atoms with E-state index in [-0.39, 0.29) is 6.03 Å². The highest BCUT2D eigenvalue weighted by Crippen LogP contribution is 2.53. The molecule has 0 aromatic heterocycles. The molecule has 2 atom stereocenters. The molecule has 2 unspecified atom stereocenters. The molecule has 2 amide bonds. The minimum atomic E-state index is 0.0858. The van der Waals surface area contributed by atoms with Crippen LogP contribution in [0.5, 0.6) is 0 Å². The summed E-state index contributed by atoms with van der Waals surface area (Å²) in [6.45, 7) is 9.26. The van der Waals surface area contributed by atoms with Gasteiger partial charge in [0.2, 0.25) is 0 Å². The summed E-state index contributed by atoms with van der Waals surface area (Å²) in [5.41, 5.74) is 0. The second-order valence-corrected chi connectivity index (χ2v) is 10.3. The number of rotatable bonds is 6. The quantitative estimate of drug-likeness (QED) is 0.706. The average Bonchev–Trinajstić information content (AvgIpc) is 2.56. The van der Waals surface area contributed by atoms with E-state index in [1.807, 2.05) is 0 Å². The fourth-order valence-electron chi connectivity index (χ4n) is 7.00. The molecule has 1 saturated heterocycles. The second kappa shape index (κ2) is 8.08. The summed E-state index contributed by atoms with van der Waals surface area (Å²) >= 11 is 0.